The third-order valence-corrected chi connectivity index (χ3v) is 11.9. The minimum atomic E-state index is -3.95. The van der Waals surface area contributed by atoms with Crippen molar-refractivity contribution in [1.82, 2.24) is 4.72 Å². The number of fused-ring (bicyclic) bond motifs is 4. The Hall–Kier alpha value is -2.55. The maximum Gasteiger partial charge on any atom is 0.264 e. The van der Waals surface area contributed by atoms with Crippen molar-refractivity contribution < 1.29 is 23.1 Å². The first-order valence-electron chi connectivity index (χ1n) is 14.3. The third kappa shape index (κ3) is 4.92. The molecule has 0 saturated heterocycles. The van der Waals surface area contributed by atoms with Crippen LogP contribution in [-0.2, 0) is 21.9 Å². The summed E-state index contributed by atoms with van der Waals surface area (Å²) < 4.78 is 35.0. The standard InChI is InChI=1S/C31H37ClN2O5S/c1-19-5-11-28(35)25-9-6-23(25)16-34-17-31(13-3-4-21-14-24(32)8-10-26(21)31)18-39-29-12-7-22(15-27(29)34)30(36)33-40(37,38)20(19)2/h5,7-8,10-12,14-15,19-20,23,25,28,35H,3-4,6,9,13,16-18H2,1-2H3,(H,33,36)/b11-5+/t19-,20+,23-,25+,28-,31-/m0/s1. The van der Waals surface area contributed by atoms with Crippen molar-refractivity contribution >= 4 is 33.2 Å². The van der Waals surface area contributed by atoms with Gasteiger partial charge >= 0.3 is 0 Å². The van der Waals surface area contributed by atoms with E-state index in [9.17, 15) is 18.3 Å². The molecule has 0 radical (unpaired) electrons. The van der Waals surface area contributed by atoms with Crippen molar-refractivity contribution in [3.63, 3.8) is 0 Å². The number of halogens is 1. The quantitative estimate of drug-likeness (QED) is 0.430. The van der Waals surface area contributed by atoms with E-state index in [-0.39, 0.29) is 28.7 Å². The minimum absolute atomic E-state index is 0.0875. The molecule has 2 N–H and O–H groups in total. The van der Waals surface area contributed by atoms with Gasteiger partial charge in [-0.2, -0.15) is 0 Å². The molecule has 7 nitrogen and oxygen atoms in total. The summed E-state index contributed by atoms with van der Waals surface area (Å²) in [5.74, 6) is -0.00460. The second-order valence-corrected chi connectivity index (χ2v) is 14.7. The number of amides is 1. The van der Waals surface area contributed by atoms with Crippen molar-refractivity contribution in [2.24, 2.45) is 17.8 Å². The molecule has 2 heterocycles. The van der Waals surface area contributed by atoms with Crippen LogP contribution in [0.5, 0.6) is 5.75 Å². The van der Waals surface area contributed by atoms with Gasteiger partial charge in [-0.1, -0.05) is 36.7 Å². The fraction of sp³-hybridized carbons (Fsp3) is 0.516. The summed E-state index contributed by atoms with van der Waals surface area (Å²) >= 11 is 6.37. The Balaban J connectivity index is 1.44. The smallest absolute Gasteiger partial charge is 0.264 e. The van der Waals surface area contributed by atoms with Crippen LogP contribution in [0.3, 0.4) is 0 Å². The summed E-state index contributed by atoms with van der Waals surface area (Å²) in [5.41, 5.74) is 3.32. The van der Waals surface area contributed by atoms with Gasteiger partial charge in [0.05, 0.1) is 23.6 Å². The molecule has 2 bridgehead atoms. The van der Waals surface area contributed by atoms with Crippen LogP contribution in [0.4, 0.5) is 5.69 Å². The van der Waals surface area contributed by atoms with E-state index in [0.717, 1.165) is 42.8 Å². The number of allylic oxidation sites excluding steroid dienone is 1. The summed E-state index contributed by atoms with van der Waals surface area (Å²) in [5, 5.41) is 11.0. The van der Waals surface area contributed by atoms with Crippen LogP contribution in [0, 0.1) is 17.8 Å². The number of nitrogens with one attached hydrogen (secondary N) is 1. The Morgan fingerprint density at radius 2 is 1.95 bits per heavy atom. The lowest BCUT2D eigenvalue weighted by molar-refractivity contribution is 0.0454. The van der Waals surface area contributed by atoms with E-state index < -0.39 is 27.3 Å². The predicted octanol–water partition coefficient (Wildman–Crippen LogP) is 4.85. The highest BCUT2D eigenvalue weighted by molar-refractivity contribution is 7.90. The third-order valence-electron chi connectivity index (χ3n) is 9.75. The molecule has 214 valence electrons. The Labute approximate surface area is 241 Å². The Bertz CT molecular complexity index is 1460. The highest BCUT2D eigenvalue weighted by atomic mass is 35.5. The molecule has 9 heteroatoms. The zero-order valence-corrected chi connectivity index (χ0v) is 24.5. The number of hydrogen-bond donors (Lipinski definition) is 2. The number of aryl methyl sites for hydroxylation is 1. The molecule has 1 amide bonds. The van der Waals surface area contributed by atoms with Gasteiger partial charge in [0.15, 0.2) is 0 Å². The van der Waals surface area contributed by atoms with Crippen LogP contribution in [0.2, 0.25) is 5.02 Å². The van der Waals surface area contributed by atoms with E-state index in [0.29, 0.717) is 25.4 Å². The molecule has 2 aromatic carbocycles. The lowest BCUT2D eigenvalue weighted by Gasteiger charge is -2.45. The van der Waals surface area contributed by atoms with Crippen molar-refractivity contribution in [3.8, 4) is 5.75 Å². The molecule has 1 saturated carbocycles. The van der Waals surface area contributed by atoms with Crippen LogP contribution < -0.4 is 14.4 Å². The molecule has 6 rings (SSSR count). The van der Waals surface area contributed by atoms with Crippen LogP contribution in [0.15, 0.2) is 48.6 Å². The molecule has 1 fully saturated rings. The molecule has 40 heavy (non-hydrogen) atoms. The summed E-state index contributed by atoms with van der Waals surface area (Å²) in [6, 6.07) is 11.3. The summed E-state index contributed by atoms with van der Waals surface area (Å²) in [7, 11) is -3.95. The normalized spacial score (nSPS) is 34.0. The summed E-state index contributed by atoms with van der Waals surface area (Å²) in [4.78, 5) is 15.6. The zero-order valence-electron chi connectivity index (χ0n) is 23.0. The van der Waals surface area contributed by atoms with Gasteiger partial charge in [0, 0.05) is 29.1 Å². The first kappa shape index (κ1) is 27.6. The molecule has 6 atom stereocenters. The molecule has 1 spiro atoms. The molecule has 2 aliphatic heterocycles. The number of aliphatic hydroxyl groups is 1. The maximum absolute atomic E-state index is 13.2. The summed E-state index contributed by atoms with van der Waals surface area (Å²) in [6.45, 7) is 5.29. The number of anilines is 1. The van der Waals surface area contributed by atoms with E-state index >= 15 is 0 Å². The average molecular weight is 585 g/mol. The first-order chi connectivity index (χ1) is 19.1. The lowest BCUT2D eigenvalue weighted by Crippen LogP contribution is -2.49. The molecule has 0 aromatic heterocycles. The number of ether oxygens (including phenoxy) is 1. The van der Waals surface area contributed by atoms with E-state index in [2.05, 4.69) is 21.8 Å². The Kier molecular flexibility index (Phi) is 7.16. The van der Waals surface area contributed by atoms with Crippen molar-refractivity contribution in [1.29, 1.82) is 0 Å². The number of aliphatic hydroxyl groups excluding tert-OH is 1. The van der Waals surface area contributed by atoms with Crippen LogP contribution in [-0.4, -0.2) is 50.5 Å². The van der Waals surface area contributed by atoms with E-state index in [1.54, 1.807) is 44.2 Å². The number of sulfonamides is 1. The van der Waals surface area contributed by atoms with Crippen LogP contribution >= 0.6 is 11.6 Å². The van der Waals surface area contributed by atoms with Gasteiger partial charge in [-0.05, 0) is 98.2 Å². The van der Waals surface area contributed by atoms with Crippen molar-refractivity contribution in [3.05, 3.63) is 70.3 Å². The SMILES string of the molecule is C[C@@H]1[C@@H](C)/C=C/[C@H](O)[C@@H]2CC[C@H]2CN2C[C@@]3(CCCc4cc(Cl)ccc43)COc3ccc(cc32)C(=O)NS1(=O)=O. The van der Waals surface area contributed by atoms with Gasteiger partial charge < -0.3 is 14.7 Å². The second-order valence-electron chi connectivity index (χ2n) is 12.2. The summed E-state index contributed by atoms with van der Waals surface area (Å²) in [6.07, 6.45) is 7.75. The average Bonchev–Trinajstić information content (AvgIpc) is 3.05. The zero-order chi connectivity index (χ0) is 28.2. The maximum atomic E-state index is 13.2. The Morgan fingerprint density at radius 1 is 1.12 bits per heavy atom. The molecular weight excluding hydrogens is 548 g/mol. The molecule has 2 aromatic rings. The fourth-order valence-electron chi connectivity index (χ4n) is 6.96. The van der Waals surface area contributed by atoms with E-state index in [4.69, 9.17) is 16.3 Å². The molecule has 4 aliphatic rings. The van der Waals surface area contributed by atoms with Gasteiger partial charge in [0.25, 0.3) is 5.91 Å². The number of hydrogen-bond acceptors (Lipinski definition) is 6. The highest BCUT2D eigenvalue weighted by Gasteiger charge is 2.44. The van der Waals surface area contributed by atoms with Gasteiger partial charge in [-0.25, -0.2) is 13.1 Å². The van der Waals surface area contributed by atoms with E-state index in [1.807, 2.05) is 6.07 Å². The van der Waals surface area contributed by atoms with Gasteiger partial charge in [0.2, 0.25) is 10.0 Å². The van der Waals surface area contributed by atoms with Gasteiger partial charge in [-0.15, -0.1) is 0 Å². The highest BCUT2D eigenvalue weighted by Crippen LogP contribution is 2.46. The molecule has 2 aliphatic carbocycles. The van der Waals surface area contributed by atoms with Crippen molar-refractivity contribution in [2.45, 2.75) is 62.7 Å². The van der Waals surface area contributed by atoms with Gasteiger partial charge in [0.1, 0.15) is 5.75 Å². The molecule has 0 unspecified atom stereocenters. The number of carbonyl (C=O) groups is 1. The largest absolute Gasteiger partial charge is 0.490 e. The predicted molar refractivity (Wildman–Crippen MR) is 157 cm³/mol. The van der Waals surface area contributed by atoms with Crippen LogP contribution in [0.25, 0.3) is 0 Å². The van der Waals surface area contributed by atoms with Crippen LogP contribution in [0.1, 0.15) is 61.0 Å². The number of benzene rings is 2. The molecular formula is C31H37ClN2O5S. The van der Waals surface area contributed by atoms with E-state index in [1.165, 1.54) is 11.1 Å². The number of carbonyl (C=O) groups excluding carboxylic acids is 1. The minimum Gasteiger partial charge on any atom is -0.490 e. The lowest BCUT2D eigenvalue weighted by atomic mass is 9.68. The Morgan fingerprint density at radius 3 is 2.73 bits per heavy atom. The van der Waals surface area contributed by atoms with Crippen molar-refractivity contribution in [2.75, 3.05) is 24.6 Å². The number of nitrogens with zero attached hydrogens (tertiary/aromatic N) is 1. The fourth-order valence-corrected chi connectivity index (χ4v) is 8.37. The van der Waals surface area contributed by atoms with Gasteiger partial charge in [-0.3, -0.25) is 4.79 Å². The monoisotopic (exact) mass is 584 g/mol. The second kappa shape index (κ2) is 10.4. The topological polar surface area (TPSA) is 95.9 Å². The first-order valence-corrected chi connectivity index (χ1v) is 16.2. The number of rotatable bonds is 0.